The number of carbonyl (C=O) groups excluding carboxylic acids is 2. The van der Waals surface area contributed by atoms with Gasteiger partial charge in [-0.15, -0.1) is 10.2 Å². The fourth-order valence-corrected chi connectivity index (χ4v) is 3.67. The highest BCUT2D eigenvalue weighted by molar-refractivity contribution is 7.99. The number of rotatable bonds is 6. The van der Waals surface area contributed by atoms with Crippen LogP contribution in [0, 0.1) is 6.92 Å². The number of amides is 2. The minimum atomic E-state index is -0.157. The number of anilines is 2. The monoisotopic (exact) mass is 387 g/mol. The van der Waals surface area contributed by atoms with Gasteiger partial charge in [-0.2, -0.15) is 0 Å². The summed E-state index contributed by atoms with van der Waals surface area (Å²) in [4.78, 5) is 27.8. The highest BCUT2D eigenvalue weighted by atomic mass is 32.2. The predicted octanol–water partition coefficient (Wildman–Crippen LogP) is 3.47. The first kappa shape index (κ1) is 18.3. The van der Waals surface area contributed by atoms with Crippen molar-refractivity contribution in [3.63, 3.8) is 0 Å². The molecule has 0 aliphatic rings. The molecule has 9 heteroatoms. The molecular weight excluding hydrogens is 370 g/mol. The van der Waals surface area contributed by atoms with Crippen molar-refractivity contribution in [2.45, 2.75) is 25.3 Å². The standard InChI is InChI=1S/C17H17N5O2S2/c1-3-14(23)19-13-6-7-16(22-21-13)25-9-15(24)20-17-18-11-5-4-10(2)8-12(11)26-17/h4-8H,3,9H2,1-2H3,(H,18,20,24)(H,19,21,23). The largest absolute Gasteiger partial charge is 0.309 e. The molecule has 134 valence electrons. The van der Waals surface area contributed by atoms with Crippen molar-refractivity contribution >= 4 is 56.1 Å². The Bertz CT molecular complexity index is 940. The fourth-order valence-electron chi connectivity index (χ4n) is 2.08. The first-order valence-electron chi connectivity index (χ1n) is 7.97. The van der Waals surface area contributed by atoms with Crippen LogP contribution in [0.1, 0.15) is 18.9 Å². The van der Waals surface area contributed by atoms with Gasteiger partial charge in [-0.25, -0.2) is 4.98 Å². The highest BCUT2D eigenvalue weighted by Crippen LogP contribution is 2.27. The van der Waals surface area contributed by atoms with Gasteiger partial charge in [0.2, 0.25) is 11.8 Å². The van der Waals surface area contributed by atoms with Gasteiger partial charge >= 0.3 is 0 Å². The zero-order chi connectivity index (χ0) is 18.5. The number of nitrogens with one attached hydrogen (secondary N) is 2. The summed E-state index contributed by atoms with van der Waals surface area (Å²) in [7, 11) is 0. The van der Waals surface area contributed by atoms with Crippen LogP contribution < -0.4 is 10.6 Å². The van der Waals surface area contributed by atoms with Crippen molar-refractivity contribution in [3.05, 3.63) is 35.9 Å². The van der Waals surface area contributed by atoms with Crippen molar-refractivity contribution in [1.29, 1.82) is 0 Å². The molecule has 0 unspecified atom stereocenters. The maximum absolute atomic E-state index is 12.1. The number of nitrogens with zero attached hydrogens (tertiary/aromatic N) is 3. The van der Waals surface area contributed by atoms with E-state index in [-0.39, 0.29) is 17.6 Å². The number of thiazole rings is 1. The maximum Gasteiger partial charge on any atom is 0.236 e. The fraction of sp³-hybridized carbons (Fsp3) is 0.235. The van der Waals surface area contributed by atoms with E-state index in [1.807, 2.05) is 25.1 Å². The number of thioether (sulfide) groups is 1. The van der Waals surface area contributed by atoms with Crippen LogP contribution in [0.3, 0.4) is 0 Å². The van der Waals surface area contributed by atoms with Crippen molar-refractivity contribution in [3.8, 4) is 0 Å². The van der Waals surface area contributed by atoms with Crippen LogP contribution >= 0.6 is 23.1 Å². The summed E-state index contributed by atoms with van der Waals surface area (Å²) in [5, 5.41) is 14.5. The quantitative estimate of drug-likeness (QED) is 0.629. The lowest BCUT2D eigenvalue weighted by Gasteiger charge is -2.03. The van der Waals surface area contributed by atoms with Crippen molar-refractivity contribution in [2.24, 2.45) is 0 Å². The van der Waals surface area contributed by atoms with Crippen molar-refractivity contribution in [1.82, 2.24) is 15.2 Å². The molecule has 0 aliphatic carbocycles. The summed E-state index contributed by atoms with van der Waals surface area (Å²) >= 11 is 2.72. The average molecular weight is 387 g/mol. The summed E-state index contributed by atoms with van der Waals surface area (Å²) in [6, 6.07) is 9.37. The third-order valence-electron chi connectivity index (χ3n) is 3.37. The van der Waals surface area contributed by atoms with E-state index < -0.39 is 0 Å². The van der Waals surface area contributed by atoms with Crippen LogP contribution in [-0.2, 0) is 9.59 Å². The van der Waals surface area contributed by atoms with E-state index in [0.717, 1.165) is 15.8 Å². The van der Waals surface area contributed by atoms with Crippen LogP contribution in [0.4, 0.5) is 10.9 Å². The molecule has 3 aromatic rings. The van der Waals surface area contributed by atoms with Crippen LogP contribution in [0.25, 0.3) is 10.2 Å². The lowest BCUT2D eigenvalue weighted by Crippen LogP contribution is -2.14. The molecule has 0 saturated carbocycles. The number of aryl methyl sites for hydroxylation is 1. The second kappa shape index (κ2) is 8.24. The normalized spacial score (nSPS) is 10.7. The molecular formula is C17H17N5O2S2. The minimum absolute atomic E-state index is 0.120. The first-order chi connectivity index (χ1) is 12.5. The molecule has 0 fully saturated rings. The molecule has 2 heterocycles. The summed E-state index contributed by atoms with van der Waals surface area (Å²) in [5.74, 6) is 0.320. The molecule has 3 rings (SSSR count). The first-order valence-corrected chi connectivity index (χ1v) is 9.77. The van der Waals surface area contributed by atoms with Gasteiger partial charge in [0.1, 0.15) is 5.03 Å². The Labute approximate surface area is 158 Å². The van der Waals surface area contributed by atoms with E-state index in [1.165, 1.54) is 23.1 Å². The van der Waals surface area contributed by atoms with E-state index in [4.69, 9.17) is 0 Å². The molecule has 7 nitrogen and oxygen atoms in total. The zero-order valence-electron chi connectivity index (χ0n) is 14.3. The average Bonchev–Trinajstić information content (AvgIpc) is 3.02. The topological polar surface area (TPSA) is 96.9 Å². The molecule has 0 aliphatic heterocycles. The van der Waals surface area contributed by atoms with Gasteiger partial charge in [-0.1, -0.05) is 36.1 Å². The molecule has 2 aromatic heterocycles. The SMILES string of the molecule is CCC(=O)Nc1ccc(SCC(=O)Nc2nc3ccc(C)cc3s2)nn1. The molecule has 2 amide bonds. The van der Waals surface area contributed by atoms with Gasteiger partial charge in [0.25, 0.3) is 0 Å². The van der Waals surface area contributed by atoms with Crippen LogP contribution in [0.15, 0.2) is 35.4 Å². The lowest BCUT2D eigenvalue weighted by atomic mass is 10.2. The van der Waals surface area contributed by atoms with Crippen molar-refractivity contribution < 1.29 is 9.59 Å². The Balaban J connectivity index is 1.53. The van der Waals surface area contributed by atoms with Crippen molar-refractivity contribution in [2.75, 3.05) is 16.4 Å². The molecule has 26 heavy (non-hydrogen) atoms. The Morgan fingerprint density at radius 2 is 1.96 bits per heavy atom. The van der Waals surface area contributed by atoms with Gasteiger partial charge in [0, 0.05) is 6.42 Å². The van der Waals surface area contributed by atoms with Gasteiger partial charge in [-0.3, -0.25) is 9.59 Å². The smallest absolute Gasteiger partial charge is 0.236 e. The molecule has 2 N–H and O–H groups in total. The van der Waals surface area contributed by atoms with Gasteiger partial charge in [0.05, 0.1) is 16.0 Å². The van der Waals surface area contributed by atoms with E-state index in [9.17, 15) is 9.59 Å². The number of hydrogen-bond acceptors (Lipinski definition) is 7. The Morgan fingerprint density at radius 1 is 1.12 bits per heavy atom. The number of aromatic nitrogens is 3. The second-order valence-electron chi connectivity index (χ2n) is 5.49. The van der Waals surface area contributed by atoms with Gasteiger partial charge in [-0.05, 0) is 36.8 Å². The molecule has 0 spiro atoms. The zero-order valence-corrected chi connectivity index (χ0v) is 15.9. The van der Waals surface area contributed by atoms with Crippen LogP contribution in [0.5, 0.6) is 0 Å². The number of carbonyl (C=O) groups is 2. The molecule has 0 radical (unpaired) electrons. The summed E-state index contributed by atoms with van der Waals surface area (Å²) in [5.41, 5.74) is 2.03. The summed E-state index contributed by atoms with van der Waals surface area (Å²) < 4.78 is 1.04. The molecule has 0 saturated heterocycles. The summed E-state index contributed by atoms with van der Waals surface area (Å²) in [6.07, 6.45) is 0.379. The number of hydrogen-bond donors (Lipinski definition) is 2. The van der Waals surface area contributed by atoms with E-state index >= 15 is 0 Å². The minimum Gasteiger partial charge on any atom is -0.309 e. The molecule has 0 bridgehead atoms. The van der Waals surface area contributed by atoms with Crippen LogP contribution in [0.2, 0.25) is 0 Å². The van der Waals surface area contributed by atoms with E-state index in [1.54, 1.807) is 19.1 Å². The Kier molecular flexibility index (Phi) is 5.79. The second-order valence-corrected chi connectivity index (χ2v) is 7.51. The molecule has 1 aromatic carbocycles. The highest BCUT2D eigenvalue weighted by Gasteiger charge is 2.09. The number of fused-ring (bicyclic) bond motifs is 1. The van der Waals surface area contributed by atoms with Gasteiger partial charge < -0.3 is 10.6 Å². The Morgan fingerprint density at radius 3 is 2.69 bits per heavy atom. The predicted molar refractivity (Wildman–Crippen MR) is 105 cm³/mol. The molecule has 0 atom stereocenters. The van der Waals surface area contributed by atoms with E-state index in [2.05, 4.69) is 25.8 Å². The van der Waals surface area contributed by atoms with Gasteiger partial charge in [0.15, 0.2) is 10.9 Å². The summed E-state index contributed by atoms with van der Waals surface area (Å²) in [6.45, 7) is 3.78. The third kappa shape index (κ3) is 4.77. The third-order valence-corrected chi connectivity index (χ3v) is 5.22. The lowest BCUT2D eigenvalue weighted by molar-refractivity contribution is -0.116. The number of benzene rings is 1. The Hall–Kier alpha value is -2.52. The van der Waals surface area contributed by atoms with Crippen LogP contribution in [-0.4, -0.2) is 32.7 Å². The maximum atomic E-state index is 12.1. The van der Waals surface area contributed by atoms with E-state index in [0.29, 0.717) is 22.4 Å².